The Morgan fingerprint density at radius 1 is 0.895 bits per heavy atom. The topological polar surface area (TPSA) is 51.8 Å². The van der Waals surface area contributed by atoms with E-state index in [0.29, 0.717) is 11.6 Å². The van der Waals surface area contributed by atoms with Gasteiger partial charge >= 0.3 is 0 Å². The van der Waals surface area contributed by atoms with Gasteiger partial charge in [-0.1, -0.05) is 29.3 Å². The van der Waals surface area contributed by atoms with Crippen LogP contribution in [0.4, 0.5) is 5.82 Å². The smallest absolute Gasteiger partial charge is 0.162 e. The van der Waals surface area contributed by atoms with Crippen LogP contribution in [0.2, 0.25) is 0 Å². The Morgan fingerprint density at radius 3 is 2.32 bits per heavy atom. The molecule has 2 aromatic carbocycles. The van der Waals surface area contributed by atoms with Gasteiger partial charge in [-0.05, 0) is 38.1 Å². The number of anilines is 1. The van der Waals surface area contributed by atoms with Crippen LogP contribution in [0.25, 0.3) is 22.3 Å². The second kappa shape index (κ2) is 4.35. The predicted molar refractivity (Wildman–Crippen MR) is 78.9 cm³/mol. The Labute approximate surface area is 112 Å². The molecule has 1 heterocycles. The van der Waals surface area contributed by atoms with E-state index in [1.165, 1.54) is 11.1 Å². The first-order chi connectivity index (χ1) is 9.13. The van der Waals surface area contributed by atoms with Gasteiger partial charge in [0.15, 0.2) is 5.82 Å². The van der Waals surface area contributed by atoms with Gasteiger partial charge in [-0.2, -0.15) is 0 Å². The molecule has 94 valence electrons. The Balaban J connectivity index is 2.25. The van der Waals surface area contributed by atoms with E-state index in [9.17, 15) is 0 Å². The van der Waals surface area contributed by atoms with E-state index in [0.717, 1.165) is 16.5 Å². The Kier molecular flexibility index (Phi) is 2.67. The summed E-state index contributed by atoms with van der Waals surface area (Å²) in [5.41, 5.74) is 10.3. The fourth-order valence-electron chi connectivity index (χ4n) is 2.33. The third-order valence-corrected chi connectivity index (χ3v) is 3.11. The summed E-state index contributed by atoms with van der Waals surface area (Å²) in [5.74, 6) is 1.21. The van der Waals surface area contributed by atoms with Gasteiger partial charge in [0.1, 0.15) is 5.82 Å². The molecule has 0 radical (unpaired) electrons. The molecule has 0 aliphatic heterocycles. The third-order valence-electron chi connectivity index (χ3n) is 3.11. The van der Waals surface area contributed by atoms with Crippen molar-refractivity contribution in [3.63, 3.8) is 0 Å². The zero-order valence-electron chi connectivity index (χ0n) is 11.0. The minimum Gasteiger partial charge on any atom is -0.383 e. The number of hydrogen-bond donors (Lipinski definition) is 1. The first kappa shape index (κ1) is 11.7. The quantitative estimate of drug-likeness (QED) is 0.718. The Bertz CT molecular complexity index is 743. The number of benzene rings is 2. The molecular weight excluding hydrogens is 234 g/mol. The van der Waals surface area contributed by atoms with Crippen LogP contribution in [-0.2, 0) is 0 Å². The molecule has 0 saturated carbocycles. The molecule has 0 bridgehead atoms. The maximum absolute atomic E-state index is 6.02. The molecule has 0 amide bonds. The average molecular weight is 249 g/mol. The van der Waals surface area contributed by atoms with Crippen molar-refractivity contribution in [3.8, 4) is 11.4 Å². The molecule has 0 unspecified atom stereocenters. The van der Waals surface area contributed by atoms with Crippen LogP contribution in [0, 0.1) is 13.8 Å². The monoisotopic (exact) mass is 249 g/mol. The molecule has 0 atom stereocenters. The molecule has 3 nitrogen and oxygen atoms in total. The standard InChI is InChI=1S/C16H15N3/c1-10-7-11(2)9-12(8-10)16-18-14-6-4-3-5-13(14)15(17)19-16/h3-9H,1-2H3,(H2,17,18,19). The summed E-state index contributed by atoms with van der Waals surface area (Å²) in [6.07, 6.45) is 0. The SMILES string of the molecule is Cc1cc(C)cc(-c2nc(N)c3ccccc3n2)c1. The molecule has 3 rings (SSSR count). The molecule has 3 heteroatoms. The van der Waals surface area contributed by atoms with Gasteiger partial charge in [0, 0.05) is 10.9 Å². The van der Waals surface area contributed by atoms with E-state index >= 15 is 0 Å². The van der Waals surface area contributed by atoms with E-state index < -0.39 is 0 Å². The minimum atomic E-state index is 0.528. The highest BCUT2D eigenvalue weighted by molar-refractivity contribution is 5.89. The van der Waals surface area contributed by atoms with Crippen molar-refractivity contribution in [3.05, 3.63) is 53.6 Å². The number of rotatable bonds is 1. The second-order valence-corrected chi connectivity index (χ2v) is 4.83. The van der Waals surface area contributed by atoms with Gasteiger partial charge in [0.2, 0.25) is 0 Å². The maximum atomic E-state index is 6.02. The average Bonchev–Trinajstić information content (AvgIpc) is 2.37. The van der Waals surface area contributed by atoms with Gasteiger partial charge in [-0.3, -0.25) is 0 Å². The van der Waals surface area contributed by atoms with E-state index in [1.807, 2.05) is 24.3 Å². The van der Waals surface area contributed by atoms with Gasteiger partial charge in [-0.25, -0.2) is 9.97 Å². The molecule has 1 aromatic heterocycles. The molecule has 2 N–H and O–H groups in total. The van der Waals surface area contributed by atoms with Crippen molar-refractivity contribution in [1.29, 1.82) is 0 Å². The summed E-state index contributed by atoms with van der Waals surface area (Å²) < 4.78 is 0. The molecule has 0 saturated heterocycles. The van der Waals surface area contributed by atoms with Crippen LogP contribution in [0.5, 0.6) is 0 Å². The van der Waals surface area contributed by atoms with E-state index in [4.69, 9.17) is 5.73 Å². The number of nitrogen functional groups attached to an aromatic ring is 1. The first-order valence-corrected chi connectivity index (χ1v) is 6.24. The lowest BCUT2D eigenvalue weighted by Gasteiger charge is -2.07. The maximum Gasteiger partial charge on any atom is 0.162 e. The summed E-state index contributed by atoms with van der Waals surface area (Å²) in [4.78, 5) is 9.02. The lowest BCUT2D eigenvalue weighted by Crippen LogP contribution is -1.98. The Hall–Kier alpha value is -2.42. The number of hydrogen-bond acceptors (Lipinski definition) is 3. The van der Waals surface area contributed by atoms with Crippen molar-refractivity contribution >= 4 is 16.7 Å². The van der Waals surface area contributed by atoms with Crippen molar-refractivity contribution < 1.29 is 0 Å². The fourth-order valence-corrected chi connectivity index (χ4v) is 2.33. The predicted octanol–water partition coefficient (Wildman–Crippen LogP) is 3.50. The summed E-state index contributed by atoms with van der Waals surface area (Å²) in [5, 5.41) is 0.899. The van der Waals surface area contributed by atoms with E-state index in [-0.39, 0.29) is 0 Å². The van der Waals surface area contributed by atoms with Crippen LogP contribution < -0.4 is 5.73 Å². The van der Waals surface area contributed by atoms with Crippen molar-refractivity contribution in [1.82, 2.24) is 9.97 Å². The largest absolute Gasteiger partial charge is 0.383 e. The molecule has 0 aliphatic carbocycles. The minimum absolute atomic E-state index is 0.528. The molecule has 3 aromatic rings. The highest BCUT2D eigenvalue weighted by Crippen LogP contribution is 2.24. The normalized spacial score (nSPS) is 10.8. The van der Waals surface area contributed by atoms with Gasteiger partial charge in [0.05, 0.1) is 5.52 Å². The van der Waals surface area contributed by atoms with Gasteiger partial charge < -0.3 is 5.73 Å². The van der Waals surface area contributed by atoms with Crippen LogP contribution in [0.15, 0.2) is 42.5 Å². The van der Waals surface area contributed by atoms with Crippen molar-refractivity contribution in [2.24, 2.45) is 0 Å². The number of aryl methyl sites for hydroxylation is 2. The highest BCUT2D eigenvalue weighted by Gasteiger charge is 2.07. The number of nitrogens with two attached hydrogens (primary N) is 1. The van der Waals surface area contributed by atoms with E-state index in [1.54, 1.807) is 0 Å². The van der Waals surface area contributed by atoms with Gasteiger partial charge in [0.25, 0.3) is 0 Å². The second-order valence-electron chi connectivity index (χ2n) is 4.83. The lowest BCUT2D eigenvalue weighted by atomic mass is 10.1. The first-order valence-electron chi connectivity index (χ1n) is 6.24. The van der Waals surface area contributed by atoms with Crippen LogP contribution in [0.1, 0.15) is 11.1 Å². The zero-order chi connectivity index (χ0) is 13.4. The summed E-state index contributed by atoms with van der Waals surface area (Å²) in [6, 6.07) is 14.1. The zero-order valence-corrected chi connectivity index (χ0v) is 11.0. The summed E-state index contributed by atoms with van der Waals surface area (Å²) >= 11 is 0. The van der Waals surface area contributed by atoms with Gasteiger partial charge in [-0.15, -0.1) is 0 Å². The van der Waals surface area contributed by atoms with Crippen molar-refractivity contribution in [2.75, 3.05) is 5.73 Å². The van der Waals surface area contributed by atoms with Crippen LogP contribution >= 0.6 is 0 Å². The molecule has 0 spiro atoms. The summed E-state index contributed by atoms with van der Waals surface area (Å²) in [6.45, 7) is 4.14. The number of aromatic nitrogens is 2. The third kappa shape index (κ3) is 2.15. The molecule has 0 fully saturated rings. The van der Waals surface area contributed by atoms with Crippen molar-refractivity contribution in [2.45, 2.75) is 13.8 Å². The Morgan fingerprint density at radius 2 is 1.58 bits per heavy atom. The number of para-hydroxylation sites is 1. The molecule has 19 heavy (non-hydrogen) atoms. The summed E-state index contributed by atoms with van der Waals surface area (Å²) in [7, 11) is 0. The van der Waals surface area contributed by atoms with E-state index in [2.05, 4.69) is 42.0 Å². The number of fused-ring (bicyclic) bond motifs is 1. The highest BCUT2D eigenvalue weighted by atomic mass is 14.9. The molecular formula is C16H15N3. The van der Waals surface area contributed by atoms with Crippen LogP contribution in [0.3, 0.4) is 0 Å². The fraction of sp³-hybridized carbons (Fsp3) is 0.125. The number of nitrogens with zero attached hydrogens (tertiary/aromatic N) is 2. The molecule has 0 aliphatic rings. The van der Waals surface area contributed by atoms with Crippen LogP contribution in [-0.4, -0.2) is 9.97 Å². The lowest BCUT2D eigenvalue weighted by molar-refractivity contribution is 1.22.